The zero-order chi connectivity index (χ0) is 9.84. The van der Waals surface area contributed by atoms with Gasteiger partial charge in [-0.1, -0.05) is 18.2 Å². The average Bonchev–Trinajstić information content (AvgIpc) is 2.16. The van der Waals surface area contributed by atoms with Crippen molar-refractivity contribution in [1.82, 2.24) is 0 Å². The first-order valence-electron chi connectivity index (χ1n) is 4.20. The Morgan fingerprint density at radius 3 is 2.69 bits per heavy atom. The van der Waals surface area contributed by atoms with Gasteiger partial charge >= 0.3 is 0 Å². The lowest BCUT2D eigenvalue weighted by molar-refractivity contribution is 0.416. The van der Waals surface area contributed by atoms with Gasteiger partial charge in [0.25, 0.3) is 0 Å². The Morgan fingerprint density at radius 1 is 1.54 bits per heavy atom. The highest BCUT2D eigenvalue weighted by molar-refractivity contribution is 5.69. The number of nitrogens with one attached hydrogen (secondary N) is 1. The van der Waals surface area contributed by atoms with Gasteiger partial charge in [-0.3, -0.25) is 0 Å². The summed E-state index contributed by atoms with van der Waals surface area (Å²) in [4.78, 5) is 0. The minimum absolute atomic E-state index is 0. The Labute approximate surface area is 80.7 Å². The Morgan fingerprint density at radius 2 is 2.23 bits per heavy atom. The molecule has 0 amide bonds. The van der Waals surface area contributed by atoms with Crippen molar-refractivity contribution in [3.8, 4) is 5.75 Å². The SMILES string of the molecule is C=C(C)c1ccc(OC)c(NC)c1.[HH]. The van der Waals surface area contributed by atoms with Crippen LogP contribution in [-0.4, -0.2) is 14.2 Å². The predicted molar refractivity (Wildman–Crippen MR) is 59.4 cm³/mol. The molecule has 0 radical (unpaired) electrons. The minimum Gasteiger partial charge on any atom is -0.495 e. The standard InChI is InChI=1S/C11H15NO.H2/c1-8(2)9-5-6-11(13-4)10(7-9)12-3;/h5-7,12H,1H2,2-4H3;1H. The molecule has 0 aliphatic carbocycles. The molecule has 1 N–H and O–H groups in total. The summed E-state index contributed by atoms with van der Waals surface area (Å²) >= 11 is 0. The first kappa shape index (κ1) is 9.65. The lowest BCUT2D eigenvalue weighted by Gasteiger charge is -2.09. The van der Waals surface area contributed by atoms with E-state index in [1.54, 1.807) is 7.11 Å². The Hall–Kier alpha value is -1.44. The van der Waals surface area contributed by atoms with Crippen LogP contribution in [0.3, 0.4) is 0 Å². The van der Waals surface area contributed by atoms with Crippen molar-refractivity contribution in [3.05, 3.63) is 30.3 Å². The van der Waals surface area contributed by atoms with E-state index in [1.807, 2.05) is 32.2 Å². The second kappa shape index (κ2) is 3.99. The number of methoxy groups -OCH3 is 1. The molecular weight excluding hydrogens is 162 g/mol. The van der Waals surface area contributed by atoms with Crippen LogP contribution in [0.25, 0.3) is 5.57 Å². The predicted octanol–water partition coefficient (Wildman–Crippen LogP) is 3.02. The van der Waals surface area contributed by atoms with E-state index in [-0.39, 0.29) is 1.43 Å². The molecule has 0 aliphatic rings. The minimum atomic E-state index is 0. The zero-order valence-corrected chi connectivity index (χ0v) is 8.35. The van der Waals surface area contributed by atoms with Crippen LogP contribution in [0.1, 0.15) is 13.9 Å². The molecule has 72 valence electrons. The van der Waals surface area contributed by atoms with Crippen LogP contribution in [0.2, 0.25) is 0 Å². The largest absolute Gasteiger partial charge is 0.495 e. The molecule has 0 aliphatic heterocycles. The maximum absolute atomic E-state index is 5.18. The first-order valence-corrected chi connectivity index (χ1v) is 4.20. The molecule has 0 saturated carbocycles. The van der Waals surface area contributed by atoms with Crippen molar-refractivity contribution >= 4 is 11.3 Å². The summed E-state index contributed by atoms with van der Waals surface area (Å²) in [5.41, 5.74) is 3.17. The molecule has 0 fully saturated rings. The summed E-state index contributed by atoms with van der Waals surface area (Å²) in [6.07, 6.45) is 0. The van der Waals surface area contributed by atoms with Crippen molar-refractivity contribution < 1.29 is 6.16 Å². The molecule has 0 aromatic heterocycles. The van der Waals surface area contributed by atoms with Gasteiger partial charge in [-0.05, 0) is 24.6 Å². The number of rotatable bonds is 3. The van der Waals surface area contributed by atoms with Crippen LogP contribution in [0.5, 0.6) is 5.75 Å². The Balaban J connectivity index is 0.00000169. The molecule has 0 bridgehead atoms. The van der Waals surface area contributed by atoms with Gasteiger partial charge in [0.05, 0.1) is 12.8 Å². The van der Waals surface area contributed by atoms with Crippen molar-refractivity contribution in [3.63, 3.8) is 0 Å². The normalized spacial score (nSPS) is 9.46. The second-order valence-corrected chi connectivity index (χ2v) is 2.95. The van der Waals surface area contributed by atoms with E-state index in [2.05, 4.69) is 11.9 Å². The molecule has 13 heavy (non-hydrogen) atoms. The maximum atomic E-state index is 5.18. The highest BCUT2D eigenvalue weighted by atomic mass is 16.5. The monoisotopic (exact) mass is 179 g/mol. The van der Waals surface area contributed by atoms with Crippen molar-refractivity contribution in [1.29, 1.82) is 0 Å². The summed E-state index contributed by atoms with van der Waals surface area (Å²) in [6, 6.07) is 5.97. The fraction of sp³-hybridized carbons (Fsp3) is 0.273. The summed E-state index contributed by atoms with van der Waals surface area (Å²) in [7, 11) is 3.54. The van der Waals surface area contributed by atoms with E-state index < -0.39 is 0 Å². The van der Waals surface area contributed by atoms with E-state index in [0.717, 1.165) is 22.6 Å². The van der Waals surface area contributed by atoms with Crippen LogP contribution in [-0.2, 0) is 0 Å². The fourth-order valence-electron chi connectivity index (χ4n) is 1.17. The van der Waals surface area contributed by atoms with Crippen LogP contribution in [0, 0.1) is 0 Å². The molecule has 0 saturated heterocycles. The molecular formula is C11H17NO. The molecule has 0 unspecified atom stereocenters. The highest BCUT2D eigenvalue weighted by Crippen LogP contribution is 2.27. The van der Waals surface area contributed by atoms with Gasteiger partial charge in [0.1, 0.15) is 5.75 Å². The quantitative estimate of drug-likeness (QED) is 0.770. The second-order valence-electron chi connectivity index (χ2n) is 2.95. The molecule has 1 aromatic carbocycles. The van der Waals surface area contributed by atoms with Gasteiger partial charge in [-0.15, -0.1) is 0 Å². The average molecular weight is 179 g/mol. The number of benzene rings is 1. The third-order valence-electron chi connectivity index (χ3n) is 1.96. The topological polar surface area (TPSA) is 21.3 Å². The molecule has 2 heteroatoms. The van der Waals surface area contributed by atoms with Crippen LogP contribution < -0.4 is 10.1 Å². The summed E-state index contributed by atoms with van der Waals surface area (Å²) < 4.78 is 5.18. The first-order chi connectivity index (χ1) is 6.19. The van der Waals surface area contributed by atoms with Crippen LogP contribution >= 0.6 is 0 Å². The zero-order valence-electron chi connectivity index (χ0n) is 8.35. The number of ether oxygens (including phenoxy) is 1. The molecule has 0 heterocycles. The Bertz CT molecular complexity index is 323. The molecule has 0 spiro atoms. The fourth-order valence-corrected chi connectivity index (χ4v) is 1.17. The van der Waals surface area contributed by atoms with Crippen molar-refractivity contribution in [2.24, 2.45) is 0 Å². The highest BCUT2D eigenvalue weighted by Gasteiger charge is 2.02. The lowest BCUT2D eigenvalue weighted by atomic mass is 10.1. The van der Waals surface area contributed by atoms with E-state index in [0.29, 0.717) is 0 Å². The third-order valence-corrected chi connectivity index (χ3v) is 1.96. The number of hydrogen-bond acceptors (Lipinski definition) is 2. The smallest absolute Gasteiger partial charge is 0.141 e. The number of anilines is 1. The van der Waals surface area contributed by atoms with Gasteiger partial charge in [0, 0.05) is 8.47 Å². The van der Waals surface area contributed by atoms with Gasteiger partial charge < -0.3 is 10.1 Å². The molecule has 1 aromatic rings. The molecule has 0 atom stereocenters. The van der Waals surface area contributed by atoms with Gasteiger partial charge in [-0.25, -0.2) is 0 Å². The van der Waals surface area contributed by atoms with E-state index in [1.165, 1.54) is 0 Å². The summed E-state index contributed by atoms with van der Waals surface area (Å²) in [5.74, 6) is 0.854. The van der Waals surface area contributed by atoms with Crippen molar-refractivity contribution in [2.45, 2.75) is 6.92 Å². The van der Waals surface area contributed by atoms with E-state index >= 15 is 0 Å². The van der Waals surface area contributed by atoms with Gasteiger partial charge in [0.15, 0.2) is 0 Å². The lowest BCUT2D eigenvalue weighted by Crippen LogP contribution is -1.94. The van der Waals surface area contributed by atoms with Gasteiger partial charge in [0.2, 0.25) is 0 Å². The van der Waals surface area contributed by atoms with Crippen LogP contribution in [0.15, 0.2) is 24.8 Å². The summed E-state index contributed by atoms with van der Waals surface area (Å²) in [6.45, 7) is 5.88. The van der Waals surface area contributed by atoms with E-state index in [9.17, 15) is 0 Å². The molecule has 1 rings (SSSR count). The molecule has 2 nitrogen and oxygen atoms in total. The number of allylic oxidation sites excluding steroid dienone is 1. The van der Waals surface area contributed by atoms with E-state index in [4.69, 9.17) is 4.74 Å². The van der Waals surface area contributed by atoms with Gasteiger partial charge in [-0.2, -0.15) is 0 Å². The Kier molecular flexibility index (Phi) is 2.96. The third kappa shape index (κ3) is 2.02. The van der Waals surface area contributed by atoms with Crippen molar-refractivity contribution in [2.75, 3.05) is 19.5 Å². The van der Waals surface area contributed by atoms with Crippen LogP contribution in [0.4, 0.5) is 5.69 Å². The maximum Gasteiger partial charge on any atom is 0.141 e. The number of hydrogen-bond donors (Lipinski definition) is 1. The summed E-state index contributed by atoms with van der Waals surface area (Å²) in [5, 5.41) is 3.08.